The van der Waals surface area contributed by atoms with E-state index in [1.807, 2.05) is 0 Å². The predicted molar refractivity (Wildman–Crippen MR) is 106 cm³/mol. The first kappa shape index (κ1) is 20.9. The fraction of sp³-hybridized carbons (Fsp3) is 0.870. The quantitative estimate of drug-likeness (QED) is 0.427. The Morgan fingerprint density at radius 2 is 2.15 bits per heavy atom. The van der Waals surface area contributed by atoms with Crippen LogP contribution in [0.25, 0.3) is 0 Å². The van der Waals surface area contributed by atoms with Crippen molar-refractivity contribution >= 4 is 5.97 Å². The highest BCUT2D eigenvalue weighted by molar-refractivity contribution is 5.72. The van der Waals surface area contributed by atoms with Crippen LogP contribution in [-0.4, -0.2) is 31.1 Å². The van der Waals surface area contributed by atoms with Crippen LogP contribution >= 0.6 is 0 Å². The maximum atomic E-state index is 11.7. The van der Waals surface area contributed by atoms with Gasteiger partial charge in [-0.05, 0) is 49.4 Å². The maximum absolute atomic E-state index is 11.7. The van der Waals surface area contributed by atoms with E-state index >= 15 is 0 Å². The molecular formula is C23H38O4. The second-order valence-corrected chi connectivity index (χ2v) is 9.52. The third-order valence-corrected chi connectivity index (χ3v) is 6.81. The number of ether oxygens (including phenoxy) is 3. The number of unbranched alkanes of at least 4 members (excludes halogenated alkanes) is 1. The molecule has 0 spiro atoms. The van der Waals surface area contributed by atoms with E-state index < -0.39 is 0 Å². The molecular weight excluding hydrogens is 340 g/mol. The zero-order valence-electron chi connectivity index (χ0n) is 17.6. The van der Waals surface area contributed by atoms with Crippen molar-refractivity contribution in [3.63, 3.8) is 0 Å². The van der Waals surface area contributed by atoms with Gasteiger partial charge in [-0.15, -0.1) is 0 Å². The van der Waals surface area contributed by atoms with Crippen molar-refractivity contribution in [1.29, 1.82) is 0 Å². The first-order valence-corrected chi connectivity index (χ1v) is 11.1. The van der Waals surface area contributed by atoms with E-state index in [4.69, 9.17) is 14.2 Å². The number of rotatable bonds is 8. The van der Waals surface area contributed by atoms with E-state index in [0.29, 0.717) is 24.2 Å². The van der Waals surface area contributed by atoms with Gasteiger partial charge in [0.15, 0.2) is 6.29 Å². The predicted octanol–water partition coefficient (Wildman–Crippen LogP) is 5.26. The second kappa shape index (κ2) is 9.09. The smallest absolute Gasteiger partial charge is 0.306 e. The van der Waals surface area contributed by atoms with Crippen LogP contribution in [0.1, 0.15) is 79.1 Å². The zero-order valence-corrected chi connectivity index (χ0v) is 17.6. The van der Waals surface area contributed by atoms with Crippen molar-refractivity contribution in [2.45, 2.75) is 97.6 Å². The molecule has 4 heteroatoms. The van der Waals surface area contributed by atoms with Gasteiger partial charge in [-0.3, -0.25) is 4.79 Å². The summed E-state index contributed by atoms with van der Waals surface area (Å²) in [6.45, 7) is 9.94. The van der Waals surface area contributed by atoms with Gasteiger partial charge in [-0.25, -0.2) is 0 Å². The molecule has 0 amide bonds. The van der Waals surface area contributed by atoms with Crippen molar-refractivity contribution in [2.24, 2.45) is 23.2 Å². The topological polar surface area (TPSA) is 44.8 Å². The Kier molecular flexibility index (Phi) is 7.02. The van der Waals surface area contributed by atoms with Gasteiger partial charge in [-0.2, -0.15) is 0 Å². The molecule has 0 radical (unpaired) electrons. The summed E-state index contributed by atoms with van der Waals surface area (Å²) in [5.74, 6) is 1.27. The number of hydrogen-bond donors (Lipinski definition) is 0. The Labute approximate surface area is 165 Å². The SMILES string of the molecule is CCCCC(C)(C)[C@@H](C=C[C@@H]1[C@H]2CC(=O)O[C@H]2C[C@H]1C)OC1CCCCO1. The molecule has 4 nitrogen and oxygen atoms in total. The Hall–Kier alpha value is -0.870. The standard InChI is InChI=1S/C23H38O4/c1-5-6-12-23(3,4)20(27-22-9-7-8-13-25-22)11-10-17-16(2)14-19-18(17)15-21(24)26-19/h10-11,16-20,22H,5-9,12-15H2,1-4H3/t16-,17+,18-,19+,20-,22?/m1/s1. The van der Waals surface area contributed by atoms with E-state index in [9.17, 15) is 4.79 Å². The molecule has 3 rings (SSSR count). The summed E-state index contributed by atoms with van der Waals surface area (Å²) in [4.78, 5) is 11.7. The van der Waals surface area contributed by atoms with E-state index in [1.165, 1.54) is 19.3 Å². The molecule has 6 atom stereocenters. The molecule has 3 aliphatic rings. The summed E-state index contributed by atoms with van der Waals surface area (Å²) >= 11 is 0. The fourth-order valence-electron chi connectivity index (χ4n) is 4.99. The minimum absolute atomic E-state index is 0.0259. The van der Waals surface area contributed by atoms with Crippen molar-refractivity contribution in [2.75, 3.05) is 6.61 Å². The molecule has 0 N–H and O–H groups in total. The van der Waals surface area contributed by atoms with E-state index in [1.54, 1.807) is 0 Å². The molecule has 1 aliphatic carbocycles. The van der Waals surface area contributed by atoms with Gasteiger partial charge in [-0.1, -0.05) is 52.7 Å². The second-order valence-electron chi connectivity index (χ2n) is 9.52. The van der Waals surface area contributed by atoms with Crippen LogP contribution in [0.4, 0.5) is 0 Å². The minimum Gasteiger partial charge on any atom is -0.462 e. The Morgan fingerprint density at radius 3 is 2.85 bits per heavy atom. The maximum Gasteiger partial charge on any atom is 0.306 e. The lowest BCUT2D eigenvalue weighted by Crippen LogP contribution is -2.36. The average molecular weight is 379 g/mol. The third-order valence-electron chi connectivity index (χ3n) is 6.81. The number of esters is 1. The van der Waals surface area contributed by atoms with Crippen molar-refractivity contribution < 1.29 is 19.0 Å². The largest absolute Gasteiger partial charge is 0.462 e. The number of carbonyl (C=O) groups excluding carboxylic acids is 1. The molecule has 2 saturated heterocycles. The lowest BCUT2D eigenvalue weighted by Gasteiger charge is -2.36. The van der Waals surface area contributed by atoms with Gasteiger partial charge in [0, 0.05) is 12.5 Å². The number of hydrogen-bond acceptors (Lipinski definition) is 4. The molecule has 2 aliphatic heterocycles. The number of fused-ring (bicyclic) bond motifs is 1. The zero-order chi connectivity index (χ0) is 19.4. The summed E-state index contributed by atoms with van der Waals surface area (Å²) in [6.07, 6.45) is 13.1. The van der Waals surface area contributed by atoms with Crippen LogP contribution in [0, 0.1) is 23.2 Å². The molecule has 154 valence electrons. The van der Waals surface area contributed by atoms with Gasteiger partial charge < -0.3 is 14.2 Å². The van der Waals surface area contributed by atoms with Crippen LogP contribution < -0.4 is 0 Å². The molecule has 1 saturated carbocycles. The van der Waals surface area contributed by atoms with Gasteiger partial charge in [0.2, 0.25) is 0 Å². The third kappa shape index (κ3) is 5.14. The van der Waals surface area contributed by atoms with Crippen LogP contribution in [0.5, 0.6) is 0 Å². The molecule has 0 bridgehead atoms. The highest BCUT2D eigenvalue weighted by Crippen LogP contribution is 2.45. The van der Waals surface area contributed by atoms with Crippen LogP contribution in [0.2, 0.25) is 0 Å². The normalized spacial score (nSPS) is 35.4. The summed E-state index contributed by atoms with van der Waals surface area (Å²) < 4.78 is 17.8. The molecule has 27 heavy (non-hydrogen) atoms. The summed E-state index contributed by atoms with van der Waals surface area (Å²) in [7, 11) is 0. The van der Waals surface area contributed by atoms with Crippen molar-refractivity contribution in [3.05, 3.63) is 12.2 Å². The van der Waals surface area contributed by atoms with Crippen molar-refractivity contribution in [1.82, 2.24) is 0 Å². The van der Waals surface area contributed by atoms with Crippen molar-refractivity contribution in [3.8, 4) is 0 Å². The minimum atomic E-state index is -0.0838. The first-order valence-electron chi connectivity index (χ1n) is 11.1. The average Bonchev–Trinajstić information content (AvgIpc) is 3.12. The Morgan fingerprint density at radius 1 is 1.33 bits per heavy atom. The summed E-state index contributed by atoms with van der Waals surface area (Å²) in [6, 6.07) is 0. The number of carbonyl (C=O) groups is 1. The molecule has 0 aromatic rings. The van der Waals surface area contributed by atoms with Gasteiger partial charge in [0.05, 0.1) is 12.5 Å². The summed E-state index contributed by atoms with van der Waals surface area (Å²) in [5, 5.41) is 0. The highest BCUT2D eigenvalue weighted by Gasteiger charge is 2.47. The first-order chi connectivity index (χ1) is 12.9. The number of allylic oxidation sites excluding steroid dienone is 1. The molecule has 0 aromatic carbocycles. The fourth-order valence-corrected chi connectivity index (χ4v) is 4.99. The Balaban J connectivity index is 1.71. The molecule has 0 aromatic heterocycles. The van der Waals surface area contributed by atoms with Crippen LogP contribution in [0.3, 0.4) is 0 Å². The van der Waals surface area contributed by atoms with Gasteiger partial charge in [0.1, 0.15) is 6.10 Å². The molecule has 3 fully saturated rings. The Bertz CT molecular complexity index is 520. The van der Waals surface area contributed by atoms with E-state index in [2.05, 4.69) is 39.8 Å². The monoisotopic (exact) mass is 378 g/mol. The summed E-state index contributed by atoms with van der Waals surface area (Å²) in [5.41, 5.74) is 0.0660. The highest BCUT2D eigenvalue weighted by atomic mass is 16.7. The lowest BCUT2D eigenvalue weighted by molar-refractivity contribution is -0.197. The van der Waals surface area contributed by atoms with E-state index in [0.717, 1.165) is 32.3 Å². The van der Waals surface area contributed by atoms with E-state index in [-0.39, 0.29) is 29.9 Å². The lowest BCUT2D eigenvalue weighted by atomic mass is 9.80. The van der Waals surface area contributed by atoms with Crippen LogP contribution in [0.15, 0.2) is 12.2 Å². The van der Waals surface area contributed by atoms with Gasteiger partial charge >= 0.3 is 5.97 Å². The molecule has 2 heterocycles. The molecule has 1 unspecified atom stereocenters. The van der Waals surface area contributed by atoms with Gasteiger partial charge in [0.25, 0.3) is 0 Å². The van der Waals surface area contributed by atoms with Crippen LogP contribution in [-0.2, 0) is 19.0 Å².